The van der Waals surface area contributed by atoms with Crippen molar-refractivity contribution < 1.29 is 28.2 Å². The first kappa shape index (κ1) is 31.9. The second-order valence-corrected chi connectivity index (χ2v) is 12.8. The summed E-state index contributed by atoms with van der Waals surface area (Å²) in [5.74, 6) is -0.380. The molecule has 1 aliphatic heterocycles. The Morgan fingerprint density at radius 2 is 1.84 bits per heavy atom. The number of carbonyl (C=O) groups excluding carboxylic acids is 1. The minimum absolute atomic E-state index is 0.00745. The van der Waals surface area contributed by atoms with Crippen LogP contribution in [0.1, 0.15) is 28.4 Å². The summed E-state index contributed by atoms with van der Waals surface area (Å²) in [5.41, 5.74) is 4.32. The summed E-state index contributed by atoms with van der Waals surface area (Å²) in [7, 11) is -1.99. The van der Waals surface area contributed by atoms with E-state index in [2.05, 4.69) is 10.6 Å². The number of nitrogens with zero attached hydrogens (tertiary/aromatic N) is 2. The average Bonchev–Trinajstić information content (AvgIpc) is 3.32. The van der Waals surface area contributed by atoms with E-state index < -0.39 is 22.2 Å². The second kappa shape index (κ2) is 13.9. The lowest BCUT2D eigenvalue weighted by atomic mass is 10.00. The lowest BCUT2D eigenvalue weighted by Crippen LogP contribution is -2.47. The summed E-state index contributed by atoms with van der Waals surface area (Å²) in [5, 5.41) is 25.8. The molecular formula is C31H35ClN4O6S. The van der Waals surface area contributed by atoms with Gasteiger partial charge in [0.05, 0.1) is 29.1 Å². The van der Waals surface area contributed by atoms with Crippen molar-refractivity contribution in [1.82, 2.24) is 9.88 Å². The number of rotatable bonds is 9. The number of aryl methyl sites for hydroxylation is 2. The molecule has 1 amide bonds. The number of aliphatic hydroxyl groups is 1. The summed E-state index contributed by atoms with van der Waals surface area (Å²) in [6.45, 7) is 2.63. The predicted molar refractivity (Wildman–Crippen MR) is 170 cm³/mol. The summed E-state index contributed by atoms with van der Waals surface area (Å²) >= 11 is 6.10. The molecule has 4 N–H and O–H groups in total. The maximum absolute atomic E-state index is 13.7. The van der Waals surface area contributed by atoms with Crippen LogP contribution in [-0.2, 0) is 34.2 Å². The molecule has 5 rings (SSSR count). The van der Waals surface area contributed by atoms with E-state index in [-0.39, 0.29) is 24.7 Å². The van der Waals surface area contributed by atoms with Crippen LogP contribution in [0.5, 0.6) is 0 Å². The van der Waals surface area contributed by atoms with Crippen LogP contribution in [0.25, 0.3) is 10.9 Å². The first-order chi connectivity index (χ1) is 20.6. The van der Waals surface area contributed by atoms with Gasteiger partial charge in [-0.3, -0.25) is 13.9 Å². The van der Waals surface area contributed by atoms with Crippen LogP contribution in [0.4, 0.5) is 11.4 Å². The Hall–Kier alpha value is -4.06. The largest absolute Gasteiger partial charge is 0.483 e. The molecule has 0 fully saturated rings. The van der Waals surface area contributed by atoms with Gasteiger partial charge in [-0.05, 0) is 61.2 Å². The number of aliphatic hydroxyl groups excluding tert-OH is 1. The third-order valence-corrected chi connectivity index (χ3v) is 9.43. The number of aromatic nitrogens is 1. The van der Waals surface area contributed by atoms with E-state index in [1.165, 1.54) is 11.4 Å². The maximum atomic E-state index is 13.7. The Labute approximate surface area is 255 Å². The van der Waals surface area contributed by atoms with E-state index in [1.54, 1.807) is 18.2 Å². The molecule has 0 saturated carbocycles. The highest BCUT2D eigenvalue weighted by molar-refractivity contribution is 7.92. The van der Waals surface area contributed by atoms with Crippen molar-refractivity contribution in [2.24, 2.45) is 0 Å². The number of hydrogen-bond donors (Lipinski definition) is 4. The normalized spacial score (nSPS) is 15.0. The number of sulfonamides is 1. The molecule has 3 aromatic carbocycles. The molecule has 43 heavy (non-hydrogen) atoms. The molecular weight excluding hydrogens is 592 g/mol. The van der Waals surface area contributed by atoms with E-state index in [9.17, 15) is 18.3 Å². The van der Waals surface area contributed by atoms with Crippen LogP contribution in [0, 0.1) is 0 Å². The van der Waals surface area contributed by atoms with Crippen molar-refractivity contribution in [3.8, 4) is 0 Å². The molecule has 2 heterocycles. The third kappa shape index (κ3) is 7.48. The minimum atomic E-state index is -3.52. The molecule has 12 heteroatoms. The SMILES string of the molecule is CCn1cc2c3c(cc(C(=O)N[C@@H](Cc4ccccc4)[C@H](O)CNc4cccc(Cl)c4)cc31)N(C)S(=O)(=O)CC2.O=CO. The average molecular weight is 627 g/mol. The molecule has 4 aromatic rings. The van der Waals surface area contributed by atoms with Crippen LogP contribution in [-0.4, -0.2) is 67.1 Å². The summed E-state index contributed by atoms with van der Waals surface area (Å²) in [6.07, 6.45) is 1.87. The van der Waals surface area contributed by atoms with Crippen LogP contribution >= 0.6 is 11.6 Å². The van der Waals surface area contributed by atoms with Gasteiger partial charge >= 0.3 is 0 Å². The highest BCUT2D eigenvalue weighted by atomic mass is 35.5. The maximum Gasteiger partial charge on any atom is 0.290 e. The second-order valence-electron chi connectivity index (χ2n) is 10.2. The van der Waals surface area contributed by atoms with E-state index in [1.807, 2.05) is 66.2 Å². The molecule has 0 spiro atoms. The quantitative estimate of drug-likeness (QED) is 0.205. The fraction of sp³-hybridized carbons (Fsp3) is 0.290. The van der Waals surface area contributed by atoms with Gasteiger partial charge in [-0.2, -0.15) is 0 Å². The van der Waals surface area contributed by atoms with Gasteiger partial charge in [0.2, 0.25) is 10.0 Å². The Balaban J connectivity index is 0.00000135. The van der Waals surface area contributed by atoms with Crippen molar-refractivity contribution in [2.45, 2.75) is 38.5 Å². The van der Waals surface area contributed by atoms with E-state index >= 15 is 0 Å². The van der Waals surface area contributed by atoms with E-state index in [4.69, 9.17) is 21.5 Å². The number of carboxylic acid groups (broad SMARTS) is 1. The fourth-order valence-electron chi connectivity index (χ4n) is 5.21. The zero-order valence-corrected chi connectivity index (χ0v) is 25.5. The summed E-state index contributed by atoms with van der Waals surface area (Å²) in [6, 6.07) is 19.7. The molecule has 0 bridgehead atoms. The van der Waals surface area contributed by atoms with Gasteiger partial charge < -0.3 is 25.4 Å². The molecule has 0 radical (unpaired) electrons. The van der Waals surface area contributed by atoms with Crippen molar-refractivity contribution in [3.63, 3.8) is 0 Å². The molecule has 0 saturated heterocycles. The van der Waals surface area contributed by atoms with Gasteiger partial charge in [0.25, 0.3) is 12.4 Å². The van der Waals surface area contributed by atoms with E-state index in [0.717, 1.165) is 27.7 Å². The number of hydrogen-bond acceptors (Lipinski definition) is 6. The number of nitrogens with one attached hydrogen (secondary N) is 2. The smallest absolute Gasteiger partial charge is 0.290 e. The fourth-order valence-corrected chi connectivity index (χ4v) is 6.60. The Morgan fingerprint density at radius 3 is 2.51 bits per heavy atom. The number of amides is 1. The predicted octanol–water partition coefficient (Wildman–Crippen LogP) is 4.15. The zero-order valence-electron chi connectivity index (χ0n) is 23.9. The highest BCUT2D eigenvalue weighted by Crippen LogP contribution is 2.37. The third-order valence-electron chi connectivity index (χ3n) is 7.45. The van der Waals surface area contributed by atoms with Crippen molar-refractivity contribution in [2.75, 3.05) is 29.0 Å². The Morgan fingerprint density at radius 1 is 1.12 bits per heavy atom. The molecule has 2 atom stereocenters. The van der Waals surface area contributed by atoms with Gasteiger partial charge in [-0.25, -0.2) is 8.42 Å². The molecule has 228 valence electrons. The monoisotopic (exact) mass is 626 g/mol. The number of halogens is 1. The van der Waals surface area contributed by atoms with Crippen LogP contribution in [0.15, 0.2) is 72.9 Å². The van der Waals surface area contributed by atoms with Gasteiger partial charge in [0.1, 0.15) is 0 Å². The summed E-state index contributed by atoms with van der Waals surface area (Å²) in [4.78, 5) is 22.1. The number of carbonyl (C=O) groups is 2. The number of benzene rings is 3. The molecule has 1 aliphatic rings. The van der Waals surface area contributed by atoms with Gasteiger partial charge in [0, 0.05) is 48.0 Å². The summed E-state index contributed by atoms with van der Waals surface area (Å²) < 4.78 is 29.1. The molecule has 10 nitrogen and oxygen atoms in total. The first-order valence-corrected chi connectivity index (χ1v) is 15.8. The van der Waals surface area contributed by atoms with Crippen molar-refractivity contribution in [1.29, 1.82) is 0 Å². The van der Waals surface area contributed by atoms with Crippen LogP contribution in [0.3, 0.4) is 0 Å². The molecule has 1 aromatic heterocycles. The Bertz CT molecular complexity index is 1690. The van der Waals surface area contributed by atoms with Crippen molar-refractivity contribution in [3.05, 3.63) is 94.6 Å². The van der Waals surface area contributed by atoms with E-state index in [0.29, 0.717) is 35.7 Å². The highest BCUT2D eigenvalue weighted by Gasteiger charge is 2.29. The zero-order chi connectivity index (χ0) is 31.1. The lowest BCUT2D eigenvalue weighted by molar-refractivity contribution is -0.122. The number of anilines is 2. The van der Waals surface area contributed by atoms with Crippen LogP contribution in [0.2, 0.25) is 5.02 Å². The van der Waals surface area contributed by atoms with Crippen molar-refractivity contribution >= 4 is 56.3 Å². The Kier molecular flexibility index (Phi) is 10.3. The van der Waals surface area contributed by atoms with Crippen LogP contribution < -0.4 is 14.9 Å². The lowest BCUT2D eigenvalue weighted by Gasteiger charge is -2.26. The first-order valence-electron chi connectivity index (χ1n) is 13.8. The minimum Gasteiger partial charge on any atom is -0.483 e. The standard InChI is InChI=1S/C30H33ClN4O4S.CH2O2/c1-3-35-19-21-12-13-40(38,39)34(2)26-15-22(16-27(35)29(21)26)30(37)33-25(14-20-8-5-4-6-9-20)28(36)18-32-24-11-7-10-23(31)17-24;2-1-3/h4-11,15-17,19,25,28,32,36H,3,12-14,18H2,1-2H3,(H,33,37);1H,(H,2,3)/t25-,28+;/m0./s1. The van der Waals surface area contributed by atoms with Gasteiger partial charge in [-0.1, -0.05) is 48.0 Å². The molecule has 0 unspecified atom stereocenters. The van der Waals surface area contributed by atoms with Gasteiger partial charge in [0.15, 0.2) is 0 Å². The topological polar surface area (TPSA) is 141 Å². The molecule has 0 aliphatic carbocycles. The van der Waals surface area contributed by atoms with Gasteiger partial charge in [-0.15, -0.1) is 0 Å².